The third-order valence-electron chi connectivity index (χ3n) is 2.99. The van der Waals surface area contributed by atoms with E-state index in [0.717, 1.165) is 31.2 Å². The molecule has 1 rings (SSSR count). The smallest absolute Gasteiger partial charge is 0.410 e. The minimum Gasteiger partial charge on any atom is -0.444 e. The quantitative estimate of drug-likeness (QED) is 0.277. The molecule has 0 aromatic carbocycles. The van der Waals surface area contributed by atoms with E-state index >= 15 is 0 Å². The average Bonchev–Trinajstić information content (AvgIpc) is 2.35. The van der Waals surface area contributed by atoms with E-state index in [4.69, 9.17) is 4.74 Å². The number of carbonyl (C=O) groups is 1. The molecule has 0 unspecified atom stereocenters. The van der Waals surface area contributed by atoms with Gasteiger partial charge in [-0.15, -0.1) is 24.0 Å². The standard InChI is InChI=1S/C15H30N4O2S.HI/c1-6-16-13(17-8-7-9-22-5)18-12-10-19(11-12)14(20)21-15(2,3)4;/h12H,6-11H2,1-5H3,(H2,16,17,18);1H. The summed E-state index contributed by atoms with van der Waals surface area (Å²) >= 11 is 1.84. The number of hydrogen-bond acceptors (Lipinski definition) is 4. The van der Waals surface area contributed by atoms with Crippen molar-refractivity contribution in [1.82, 2.24) is 15.5 Å². The first-order valence-corrected chi connectivity index (χ1v) is 9.26. The third-order valence-corrected chi connectivity index (χ3v) is 3.69. The number of amides is 1. The first-order valence-electron chi connectivity index (χ1n) is 7.87. The van der Waals surface area contributed by atoms with E-state index in [0.29, 0.717) is 13.1 Å². The lowest BCUT2D eigenvalue weighted by molar-refractivity contribution is 0.00701. The van der Waals surface area contributed by atoms with Crippen LogP contribution in [0.15, 0.2) is 4.99 Å². The van der Waals surface area contributed by atoms with E-state index in [1.807, 2.05) is 39.5 Å². The number of aliphatic imine (C=N–C) groups is 1. The molecule has 8 heteroatoms. The van der Waals surface area contributed by atoms with Crippen LogP contribution in [-0.2, 0) is 4.74 Å². The molecule has 0 radical (unpaired) electrons. The summed E-state index contributed by atoms with van der Waals surface area (Å²) in [5.74, 6) is 1.95. The Morgan fingerprint density at radius 1 is 1.39 bits per heavy atom. The van der Waals surface area contributed by atoms with E-state index in [-0.39, 0.29) is 36.1 Å². The van der Waals surface area contributed by atoms with Gasteiger partial charge in [-0.25, -0.2) is 4.79 Å². The number of hydrogen-bond donors (Lipinski definition) is 2. The van der Waals surface area contributed by atoms with Gasteiger partial charge < -0.3 is 20.3 Å². The van der Waals surface area contributed by atoms with E-state index in [2.05, 4.69) is 21.9 Å². The molecule has 23 heavy (non-hydrogen) atoms. The zero-order valence-electron chi connectivity index (χ0n) is 14.8. The van der Waals surface area contributed by atoms with Gasteiger partial charge in [0.15, 0.2) is 5.96 Å². The van der Waals surface area contributed by atoms with Gasteiger partial charge in [0.25, 0.3) is 0 Å². The highest BCUT2D eigenvalue weighted by molar-refractivity contribution is 14.0. The molecule has 1 aliphatic heterocycles. The lowest BCUT2D eigenvalue weighted by Crippen LogP contribution is -2.63. The Morgan fingerprint density at radius 3 is 2.57 bits per heavy atom. The van der Waals surface area contributed by atoms with Gasteiger partial charge in [-0.1, -0.05) is 0 Å². The van der Waals surface area contributed by atoms with Crippen molar-refractivity contribution in [2.24, 2.45) is 4.99 Å². The normalized spacial score (nSPS) is 15.5. The summed E-state index contributed by atoms with van der Waals surface area (Å²) < 4.78 is 5.35. The van der Waals surface area contributed by atoms with Crippen molar-refractivity contribution in [3.05, 3.63) is 0 Å². The molecule has 0 aliphatic carbocycles. The Bertz CT molecular complexity index is 382. The molecular formula is C15H31IN4O2S. The van der Waals surface area contributed by atoms with Crippen molar-refractivity contribution in [2.45, 2.75) is 45.8 Å². The molecule has 0 atom stereocenters. The second-order valence-corrected chi connectivity index (χ2v) is 7.32. The van der Waals surface area contributed by atoms with Crippen LogP contribution in [0, 0.1) is 0 Å². The zero-order chi connectivity index (χ0) is 16.6. The van der Waals surface area contributed by atoms with Crippen molar-refractivity contribution in [3.63, 3.8) is 0 Å². The Labute approximate surface area is 161 Å². The molecule has 1 aliphatic rings. The molecule has 0 spiro atoms. The van der Waals surface area contributed by atoms with Crippen LogP contribution in [0.4, 0.5) is 4.79 Å². The Morgan fingerprint density at radius 2 is 2.04 bits per heavy atom. The monoisotopic (exact) mass is 458 g/mol. The van der Waals surface area contributed by atoms with E-state index in [1.54, 1.807) is 4.90 Å². The fourth-order valence-electron chi connectivity index (χ4n) is 1.96. The molecule has 2 N–H and O–H groups in total. The first kappa shape index (κ1) is 22.6. The van der Waals surface area contributed by atoms with Gasteiger partial charge in [0.2, 0.25) is 0 Å². The van der Waals surface area contributed by atoms with Crippen molar-refractivity contribution in [3.8, 4) is 0 Å². The molecule has 1 heterocycles. The summed E-state index contributed by atoms with van der Waals surface area (Å²) in [4.78, 5) is 18.1. The second-order valence-electron chi connectivity index (χ2n) is 6.33. The molecule has 0 aromatic heterocycles. The number of rotatable bonds is 6. The van der Waals surface area contributed by atoms with Gasteiger partial charge in [0.1, 0.15) is 5.60 Å². The molecule has 136 valence electrons. The van der Waals surface area contributed by atoms with Crippen LogP contribution in [0.3, 0.4) is 0 Å². The first-order chi connectivity index (χ1) is 10.4. The number of likely N-dealkylation sites (tertiary alicyclic amines) is 1. The highest BCUT2D eigenvalue weighted by Gasteiger charge is 2.34. The predicted molar refractivity (Wildman–Crippen MR) is 109 cm³/mol. The molecule has 6 nitrogen and oxygen atoms in total. The average molecular weight is 458 g/mol. The van der Waals surface area contributed by atoms with Gasteiger partial charge in [0.05, 0.1) is 6.04 Å². The Kier molecular flexibility index (Phi) is 11.0. The van der Waals surface area contributed by atoms with E-state index in [9.17, 15) is 4.79 Å². The summed E-state index contributed by atoms with van der Waals surface area (Å²) in [6.07, 6.45) is 2.94. The van der Waals surface area contributed by atoms with Crippen molar-refractivity contribution in [2.75, 3.05) is 38.2 Å². The SMILES string of the molecule is CCNC(=NCCCSC)NC1CN(C(=O)OC(C)(C)C)C1.I. The Hall–Kier alpha value is -0.380. The van der Waals surface area contributed by atoms with Gasteiger partial charge in [-0.2, -0.15) is 11.8 Å². The molecule has 0 bridgehead atoms. The lowest BCUT2D eigenvalue weighted by atomic mass is 10.1. The fourth-order valence-corrected chi connectivity index (χ4v) is 2.38. The number of guanidine groups is 1. The van der Waals surface area contributed by atoms with Crippen molar-refractivity contribution < 1.29 is 9.53 Å². The van der Waals surface area contributed by atoms with E-state index in [1.165, 1.54) is 0 Å². The van der Waals surface area contributed by atoms with Crippen LogP contribution >= 0.6 is 35.7 Å². The minimum atomic E-state index is -0.441. The van der Waals surface area contributed by atoms with E-state index < -0.39 is 5.60 Å². The molecule has 0 saturated carbocycles. The molecule has 1 fully saturated rings. The van der Waals surface area contributed by atoms with Crippen LogP contribution in [0.25, 0.3) is 0 Å². The number of carbonyl (C=O) groups excluding carboxylic acids is 1. The number of thioether (sulfide) groups is 1. The highest BCUT2D eigenvalue weighted by Crippen LogP contribution is 2.15. The summed E-state index contributed by atoms with van der Waals surface area (Å²) in [7, 11) is 0. The van der Waals surface area contributed by atoms with Gasteiger partial charge in [-0.3, -0.25) is 4.99 Å². The van der Waals surface area contributed by atoms with Gasteiger partial charge >= 0.3 is 6.09 Å². The van der Waals surface area contributed by atoms with Crippen molar-refractivity contribution in [1.29, 1.82) is 0 Å². The summed E-state index contributed by atoms with van der Waals surface area (Å²) in [6.45, 7) is 10.7. The number of ether oxygens (including phenoxy) is 1. The van der Waals surface area contributed by atoms with Crippen LogP contribution in [0.2, 0.25) is 0 Å². The summed E-state index contributed by atoms with van der Waals surface area (Å²) in [6, 6.07) is 0.242. The predicted octanol–water partition coefficient (Wildman–Crippen LogP) is 2.53. The highest BCUT2D eigenvalue weighted by atomic mass is 127. The van der Waals surface area contributed by atoms with Crippen molar-refractivity contribution >= 4 is 47.8 Å². The zero-order valence-corrected chi connectivity index (χ0v) is 18.0. The summed E-state index contributed by atoms with van der Waals surface area (Å²) in [5.41, 5.74) is -0.441. The lowest BCUT2D eigenvalue weighted by Gasteiger charge is -2.40. The van der Waals surface area contributed by atoms with Crippen LogP contribution in [-0.4, -0.2) is 66.8 Å². The molecular weight excluding hydrogens is 427 g/mol. The topological polar surface area (TPSA) is 66.0 Å². The fraction of sp³-hybridized carbons (Fsp3) is 0.867. The number of nitrogens with zero attached hydrogens (tertiary/aromatic N) is 2. The summed E-state index contributed by atoms with van der Waals surface area (Å²) in [5, 5.41) is 6.60. The third kappa shape index (κ3) is 9.49. The molecule has 0 aromatic rings. The molecule has 1 amide bonds. The van der Waals surface area contributed by atoms with Crippen LogP contribution < -0.4 is 10.6 Å². The Balaban J connectivity index is 0.00000484. The van der Waals surface area contributed by atoms with Crippen LogP contribution in [0.1, 0.15) is 34.1 Å². The number of halogens is 1. The maximum Gasteiger partial charge on any atom is 0.410 e. The second kappa shape index (κ2) is 11.2. The minimum absolute atomic E-state index is 0. The van der Waals surface area contributed by atoms with Gasteiger partial charge in [0, 0.05) is 26.2 Å². The number of nitrogens with one attached hydrogen (secondary N) is 2. The maximum atomic E-state index is 11.9. The molecule has 1 saturated heterocycles. The van der Waals surface area contributed by atoms with Gasteiger partial charge in [-0.05, 0) is 46.1 Å². The largest absolute Gasteiger partial charge is 0.444 e. The van der Waals surface area contributed by atoms with Crippen LogP contribution in [0.5, 0.6) is 0 Å². The maximum absolute atomic E-state index is 11.9.